The number of imidazole rings is 1. The minimum absolute atomic E-state index is 0.111. The van der Waals surface area contributed by atoms with Crippen LogP contribution in [0.5, 0.6) is 0 Å². The number of anilines is 1. The highest BCUT2D eigenvalue weighted by Gasteiger charge is 2.38. The molecule has 1 amide bonds. The number of rotatable bonds is 6. The number of halogens is 6. The first kappa shape index (κ1) is 21.5. The number of nitrogens with one attached hydrogen (secondary N) is 3. The van der Waals surface area contributed by atoms with Crippen molar-refractivity contribution in [1.29, 1.82) is 0 Å². The molecule has 3 aromatic rings. The molecule has 30 heavy (non-hydrogen) atoms. The molecule has 2 aromatic carbocycles. The number of alkyl halides is 6. The smallest absolute Gasteiger partial charge is 0.349 e. The van der Waals surface area contributed by atoms with E-state index in [9.17, 15) is 31.1 Å². The fourth-order valence-corrected chi connectivity index (χ4v) is 2.87. The third kappa shape index (κ3) is 5.22. The van der Waals surface area contributed by atoms with Crippen LogP contribution in [0.2, 0.25) is 0 Å². The number of carbonyl (C=O) groups excluding carboxylic acids is 1. The number of aromatic nitrogens is 2. The molecule has 0 bridgehead atoms. The Morgan fingerprint density at radius 1 is 1.03 bits per heavy atom. The van der Waals surface area contributed by atoms with Crippen LogP contribution < -0.4 is 10.6 Å². The van der Waals surface area contributed by atoms with Gasteiger partial charge in [-0.15, -0.1) is 0 Å². The predicted molar refractivity (Wildman–Crippen MR) is 97.6 cm³/mol. The van der Waals surface area contributed by atoms with Crippen LogP contribution in [0.1, 0.15) is 23.6 Å². The highest BCUT2D eigenvalue weighted by molar-refractivity contribution is 5.81. The molecule has 0 aliphatic carbocycles. The fraction of sp³-hybridized carbons (Fsp3) is 0.263. The molecule has 1 aromatic heterocycles. The second-order valence-corrected chi connectivity index (χ2v) is 6.47. The van der Waals surface area contributed by atoms with Gasteiger partial charge in [0.1, 0.15) is 0 Å². The zero-order valence-corrected chi connectivity index (χ0v) is 15.2. The molecule has 3 N–H and O–H groups in total. The fourth-order valence-electron chi connectivity index (χ4n) is 2.87. The van der Waals surface area contributed by atoms with Gasteiger partial charge in [0.15, 0.2) is 0 Å². The summed E-state index contributed by atoms with van der Waals surface area (Å²) in [4.78, 5) is 18.2. The highest BCUT2D eigenvalue weighted by atomic mass is 19.4. The van der Waals surface area contributed by atoms with Crippen molar-refractivity contribution in [3.63, 3.8) is 0 Å². The minimum Gasteiger partial charge on any atom is -0.349 e. The molecule has 1 unspecified atom stereocenters. The summed E-state index contributed by atoms with van der Waals surface area (Å²) in [6.45, 7) is -0.410. The lowest BCUT2D eigenvalue weighted by Gasteiger charge is -2.20. The van der Waals surface area contributed by atoms with Crippen molar-refractivity contribution >= 4 is 22.9 Å². The monoisotopic (exact) mass is 430 g/mol. The molecule has 1 atom stereocenters. The summed E-state index contributed by atoms with van der Waals surface area (Å²) in [5, 5.41) is 4.63. The average Bonchev–Trinajstić information content (AvgIpc) is 3.08. The number of fused-ring (bicyclic) bond motifs is 1. The van der Waals surface area contributed by atoms with Crippen LogP contribution in [0.4, 0.5) is 32.3 Å². The van der Waals surface area contributed by atoms with Crippen molar-refractivity contribution in [2.75, 3.05) is 11.9 Å². The van der Waals surface area contributed by atoms with E-state index < -0.39 is 36.4 Å². The van der Waals surface area contributed by atoms with Crippen LogP contribution in [0.15, 0.2) is 48.5 Å². The Kier molecular flexibility index (Phi) is 5.90. The molecule has 0 aliphatic rings. The van der Waals surface area contributed by atoms with E-state index in [4.69, 9.17) is 0 Å². The molecule has 1 heterocycles. The average molecular weight is 430 g/mol. The number of aromatic amines is 1. The maximum absolute atomic E-state index is 13.1. The van der Waals surface area contributed by atoms with Gasteiger partial charge in [-0.2, -0.15) is 26.3 Å². The van der Waals surface area contributed by atoms with Gasteiger partial charge < -0.3 is 15.6 Å². The largest absolute Gasteiger partial charge is 0.471 e. The van der Waals surface area contributed by atoms with E-state index in [1.165, 1.54) is 12.1 Å². The second kappa shape index (κ2) is 8.25. The third-order valence-electron chi connectivity index (χ3n) is 4.29. The third-order valence-corrected chi connectivity index (χ3v) is 4.29. The van der Waals surface area contributed by atoms with E-state index in [-0.39, 0.29) is 17.9 Å². The van der Waals surface area contributed by atoms with E-state index in [1.54, 1.807) is 29.6 Å². The van der Waals surface area contributed by atoms with Gasteiger partial charge in [0, 0.05) is 6.54 Å². The van der Waals surface area contributed by atoms with E-state index in [1.807, 2.05) is 0 Å². The number of hydrogen-bond donors (Lipinski definition) is 3. The molecule has 0 saturated heterocycles. The lowest BCUT2D eigenvalue weighted by atomic mass is 10.0. The van der Waals surface area contributed by atoms with Crippen molar-refractivity contribution in [1.82, 2.24) is 15.3 Å². The van der Waals surface area contributed by atoms with Crippen molar-refractivity contribution in [2.45, 2.75) is 24.8 Å². The zero-order chi connectivity index (χ0) is 21.9. The number of amides is 1. The van der Waals surface area contributed by atoms with Crippen LogP contribution in [0.3, 0.4) is 0 Å². The standard InChI is InChI=1S/C19H16F6N4O/c20-18(21,22)12-5-3-4-11(10-12)13(8-9-26-16(30)19(23,24)25)27-17-28-14-6-1-2-7-15(14)29-17/h1-7,10,13H,8-9H2,(H,26,30)(H2,27,28,29). The molecule has 0 saturated carbocycles. The minimum atomic E-state index is -5.04. The highest BCUT2D eigenvalue weighted by Crippen LogP contribution is 2.32. The number of nitrogens with zero attached hydrogens (tertiary/aromatic N) is 1. The van der Waals surface area contributed by atoms with Crippen molar-refractivity contribution in [3.8, 4) is 0 Å². The van der Waals surface area contributed by atoms with Gasteiger partial charge >= 0.3 is 18.3 Å². The van der Waals surface area contributed by atoms with Gasteiger partial charge in [0.2, 0.25) is 5.95 Å². The van der Waals surface area contributed by atoms with Crippen LogP contribution in [-0.4, -0.2) is 28.6 Å². The maximum Gasteiger partial charge on any atom is 0.471 e. The summed E-state index contributed by atoms with van der Waals surface area (Å²) in [6.07, 6.45) is -9.73. The van der Waals surface area contributed by atoms with E-state index >= 15 is 0 Å². The van der Waals surface area contributed by atoms with Crippen LogP contribution in [0, 0.1) is 0 Å². The number of H-pyrrole nitrogens is 1. The lowest BCUT2D eigenvalue weighted by Crippen LogP contribution is -2.38. The molecular weight excluding hydrogens is 414 g/mol. The topological polar surface area (TPSA) is 69.8 Å². The lowest BCUT2D eigenvalue weighted by molar-refractivity contribution is -0.173. The molecule has 11 heteroatoms. The Bertz CT molecular complexity index is 995. The summed E-state index contributed by atoms with van der Waals surface area (Å²) in [7, 11) is 0. The molecule has 0 aliphatic heterocycles. The second-order valence-electron chi connectivity index (χ2n) is 6.47. The first-order valence-corrected chi connectivity index (χ1v) is 8.77. The molecule has 0 radical (unpaired) electrons. The molecule has 5 nitrogen and oxygen atoms in total. The van der Waals surface area contributed by atoms with Gasteiger partial charge in [0.25, 0.3) is 0 Å². The van der Waals surface area contributed by atoms with Crippen LogP contribution in [0.25, 0.3) is 11.0 Å². The molecule has 3 rings (SSSR count). The van der Waals surface area contributed by atoms with Crippen LogP contribution >= 0.6 is 0 Å². The number of hydrogen-bond acceptors (Lipinski definition) is 3. The van der Waals surface area contributed by atoms with Gasteiger partial charge in [-0.25, -0.2) is 4.98 Å². The Morgan fingerprint density at radius 2 is 1.77 bits per heavy atom. The van der Waals surface area contributed by atoms with Gasteiger partial charge in [-0.05, 0) is 36.2 Å². The van der Waals surface area contributed by atoms with Crippen molar-refractivity contribution in [3.05, 3.63) is 59.7 Å². The zero-order valence-electron chi connectivity index (χ0n) is 15.2. The normalized spacial score (nSPS) is 13.3. The first-order chi connectivity index (χ1) is 14.0. The van der Waals surface area contributed by atoms with Gasteiger partial charge in [0.05, 0.1) is 22.6 Å². The number of benzene rings is 2. The Balaban J connectivity index is 1.83. The van der Waals surface area contributed by atoms with Gasteiger partial charge in [-0.1, -0.05) is 24.3 Å². The van der Waals surface area contributed by atoms with Crippen molar-refractivity contribution < 1.29 is 31.1 Å². The van der Waals surface area contributed by atoms with E-state index in [2.05, 4.69) is 15.3 Å². The van der Waals surface area contributed by atoms with Crippen molar-refractivity contribution in [2.24, 2.45) is 0 Å². The van der Waals surface area contributed by atoms with E-state index in [0.29, 0.717) is 11.0 Å². The molecule has 0 spiro atoms. The summed E-state index contributed by atoms with van der Waals surface area (Å²) in [5.41, 5.74) is 0.573. The number of para-hydroxylation sites is 2. The predicted octanol–water partition coefficient (Wildman–Crippen LogP) is 4.80. The maximum atomic E-state index is 13.1. The Hall–Kier alpha value is -3.24. The first-order valence-electron chi connectivity index (χ1n) is 8.77. The van der Waals surface area contributed by atoms with Crippen LogP contribution in [-0.2, 0) is 11.0 Å². The summed E-state index contributed by atoms with van der Waals surface area (Å²) in [5.74, 6) is -1.88. The Morgan fingerprint density at radius 3 is 2.43 bits per heavy atom. The summed E-state index contributed by atoms with van der Waals surface area (Å²) in [6, 6.07) is 10.6. The molecule has 0 fully saturated rings. The SMILES string of the molecule is O=C(NCCC(Nc1nc2ccccc2[nH]1)c1cccc(C(F)(F)F)c1)C(F)(F)F. The van der Waals surface area contributed by atoms with Gasteiger partial charge in [-0.3, -0.25) is 4.79 Å². The Labute approximate surface area is 166 Å². The molecular formula is C19H16F6N4O. The quantitative estimate of drug-likeness (QED) is 0.492. The number of carbonyl (C=O) groups is 1. The summed E-state index contributed by atoms with van der Waals surface area (Å²) >= 11 is 0. The summed E-state index contributed by atoms with van der Waals surface area (Å²) < 4.78 is 76.3. The molecule has 160 valence electrons. The van der Waals surface area contributed by atoms with E-state index in [0.717, 1.165) is 12.1 Å².